The van der Waals surface area contributed by atoms with Gasteiger partial charge in [-0.1, -0.05) is 0 Å². The minimum Gasteiger partial charge on any atom is -0.493 e. The van der Waals surface area contributed by atoms with Gasteiger partial charge in [0.1, 0.15) is 18.0 Å². The number of amides is 1. The van der Waals surface area contributed by atoms with Gasteiger partial charge in [0.25, 0.3) is 11.6 Å². The van der Waals surface area contributed by atoms with E-state index in [-0.39, 0.29) is 36.0 Å². The highest BCUT2D eigenvalue weighted by Crippen LogP contribution is 2.36. The Hall–Kier alpha value is -3.40. The van der Waals surface area contributed by atoms with Crippen LogP contribution in [0.15, 0.2) is 30.3 Å². The molecule has 2 aromatic carbocycles. The predicted octanol–water partition coefficient (Wildman–Crippen LogP) is 4.01. The lowest BCUT2D eigenvalue weighted by atomic mass is 10.1. The van der Waals surface area contributed by atoms with Crippen LogP contribution in [0, 0.1) is 15.9 Å². The third-order valence-electron chi connectivity index (χ3n) is 5.17. The molecule has 0 aromatic heterocycles. The fraction of sp³-hybridized carbons (Fsp3) is 0.409. The first-order chi connectivity index (χ1) is 15.4. The smallest absolute Gasteiger partial charge is 0.286 e. The van der Waals surface area contributed by atoms with Gasteiger partial charge in [-0.05, 0) is 37.5 Å². The maximum absolute atomic E-state index is 14.0. The van der Waals surface area contributed by atoms with Gasteiger partial charge < -0.3 is 24.4 Å². The zero-order valence-corrected chi connectivity index (χ0v) is 18.1. The summed E-state index contributed by atoms with van der Waals surface area (Å²) in [6.07, 6.45) is 3.11. The third kappa shape index (κ3) is 5.44. The predicted molar refractivity (Wildman–Crippen MR) is 117 cm³/mol. The number of nitro benzene ring substituents is 1. The molecule has 32 heavy (non-hydrogen) atoms. The van der Waals surface area contributed by atoms with E-state index in [1.165, 1.54) is 32.4 Å². The van der Waals surface area contributed by atoms with E-state index in [2.05, 4.69) is 10.2 Å². The molecule has 0 saturated carbocycles. The maximum atomic E-state index is 14.0. The Balaban J connectivity index is 1.93. The van der Waals surface area contributed by atoms with E-state index in [1.54, 1.807) is 6.07 Å². The molecule has 1 amide bonds. The van der Waals surface area contributed by atoms with Gasteiger partial charge in [0.15, 0.2) is 11.5 Å². The zero-order valence-electron chi connectivity index (χ0n) is 18.1. The monoisotopic (exact) mass is 447 g/mol. The van der Waals surface area contributed by atoms with Crippen LogP contribution >= 0.6 is 0 Å². The van der Waals surface area contributed by atoms with Gasteiger partial charge >= 0.3 is 0 Å². The number of carbonyl (C=O) groups excluding carboxylic acids is 1. The minimum atomic E-state index is -0.748. The Morgan fingerprint density at radius 2 is 1.88 bits per heavy atom. The second kappa shape index (κ2) is 10.8. The summed E-state index contributed by atoms with van der Waals surface area (Å²) in [5.74, 6) is -0.989. The van der Waals surface area contributed by atoms with Gasteiger partial charge in [-0.25, -0.2) is 4.39 Å². The Morgan fingerprint density at radius 1 is 1.12 bits per heavy atom. The van der Waals surface area contributed by atoms with Crippen LogP contribution in [0.25, 0.3) is 0 Å². The Labute approximate surface area is 185 Å². The van der Waals surface area contributed by atoms with Gasteiger partial charge in [-0.3, -0.25) is 14.9 Å². The summed E-state index contributed by atoms with van der Waals surface area (Å²) in [5, 5.41) is 14.3. The average Bonchev–Trinajstić information content (AvgIpc) is 2.79. The quantitative estimate of drug-likeness (QED) is 0.352. The highest BCUT2D eigenvalue weighted by Gasteiger charge is 2.26. The molecule has 9 nitrogen and oxygen atoms in total. The molecule has 0 spiro atoms. The van der Waals surface area contributed by atoms with Crippen molar-refractivity contribution in [2.75, 3.05) is 50.7 Å². The van der Waals surface area contributed by atoms with E-state index in [1.807, 2.05) is 0 Å². The molecule has 1 aliphatic rings. The van der Waals surface area contributed by atoms with E-state index in [4.69, 9.17) is 14.2 Å². The average molecular weight is 447 g/mol. The summed E-state index contributed by atoms with van der Waals surface area (Å²) in [6, 6.07) is 6.54. The lowest BCUT2D eigenvalue weighted by molar-refractivity contribution is -0.385. The lowest BCUT2D eigenvalue weighted by Crippen LogP contribution is -2.30. The Morgan fingerprint density at radius 3 is 2.53 bits per heavy atom. The van der Waals surface area contributed by atoms with Crippen LogP contribution < -0.4 is 19.7 Å². The van der Waals surface area contributed by atoms with Gasteiger partial charge in [-0.2, -0.15) is 0 Å². The third-order valence-corrected chi connectivity index (χ3v) is 5.17. The van der Waals surface area contributed by atoms with Crippen LogP contribution in [-0.2, 0) is 4.74 Å². The molecule has 1 N–H and O–H groups in total. The summed E-state index contributed by atoms with van der Waals surface area (Å²) in [6.45, 7) is 2.00. The number of piperidine rings is 1. The van der Waals surface area contributed by atoms with Crippen molar-refractivity contribution in [2.45, 2.75) is 19.3 Å². The number of nitrogens with zero attached hydrogens (tertiary/aromatic N) is 2. The van der Waals surface area contributed by atoms with E-state index >= 15 is 0 Å². The van der Waals surface area contributed by atoms with Crippen molar-refractivity contribution in [2.24, 2.45) is 0 Å². The fourth-order valence-electron chi connectivity index (χ4n) is 3.60. The largest absolute Gasteiger partial charge is 0.493 e. The number of nitrogens with one attached hydrogen (secondary N) is 1. The number of nitro groups is 1. The number of hydrogen-bond donors (Lipinski definition) is 1. The first-order valence-electron chi connectivity index (χ1n) is 10.3. The molecule has 2 aromatic rings. The highest BCUT2D eigenvalue weighted by atomic mass is 19.1. The molecule has 1 heterocycles. The molecule has 10 heteroatoms. The van der Waals surface area contributed by atoms with Gasteiger partial charge in [0.2, 0.25) is 0 Å². The summed E-state index contributed by atoms with van der Waals surface area (Å²) >= 11 is 0. The van der Waals surface area contributed by atoms with Crippen molar-refractivity contribution in [1.82, 2.24) is 0 Å². The summed E-state index contributed by atoms with van der Waals surface area (Å²) in [7, 11) is 2.87. The van der Waals surface area contributed by atoms with E-state index in [0.717, 1.165) is 38.4 Å². The van der Waals surface area contributed by atoms with Crippen molar-refractivity contribution in [3.63, 3.8) is 0 Å². The number of halogens is 1. The summed E-state index contributed by atoms with van der Waals surface area (Å²) < 4.78 is 29.6. The second-order valence-electron chi connectivity index (χ2n) is 7.28. The van der Waals surface area contributed by atoms with Crippen LogP contribution in [0.5, 0.6) is 11.5 Å². The Kier molecular flexibility index (Phi) is 7.82. The summed E-state index contributed by atoms with van der Waals surface area (Å²) in [5.41, 5.74) is 0.255. The molecular formula is C22H26FN3O6. The number of ether oxygens (including phenoxy) is 3. The number of benzene rings is 2. The zero-order chi connectivity index (χ0) is 23.1. The maximum Gasteiger partial charge on any atom is 0.286 e. The van der Waals surface area contributed by atoms with Crippen LogP contribution in [0.1, 0.15) is 29.6 Å². The molecule has 0 aliphatic carbocycles. The van der Waals surface area contributed by atoms with Crippen molar-refractivity contribution in [3.05, 3.63) is 51.8 Å². The van der Waals surface area contributed by atoms with Gasteiger partial charge in [0, 0.05) is 26.3 Å². The lowest BCUT2D eigenvalue weighted by Gasteiger charge is -2.30. The van der Waals surface area contributed by atoms with Crippen molar-refractivity contribution >= 4 is 23.0 Å². The van der Waals surface area contributed by atoms with E-state index in [9.17, 15) is 19.3 Å². The highest BCUT2D eigenvalue weighted by molar-refractivity contribution is 6.09. The molecule has 1 saturated heterocycles. The molecule has 1 aliphatic heterocycles. The number of rotatable bonds is 9. The topological polar surface area (TPSA) is 103 Å². The normalized spacial score (nSPS) is 13.5. The van der Waals surface area contributed by atoms with Gasteiger partial charge in [-0.15, -0.1) is 0 Å². The molecule has 0 atom stereocenters. The SMILES string of the molecule is COCCOc1cc([N+](=O)[O-])c(C(=O)Nc2cc(F)ccc2N2CCCCC2)cc1OC. The molecule has 0 unspecified atom stereocenters. The molecular weight excluding hydrogens is 421 g/mol. The molecule has 0 radical (unpaired) electrons. The van der Waals surface area contributed by atoms with Crippen LogP contribution in [-0.4, -0.2) is 51.4 Å². The fourth-order valence-corrected chi connectivity index (χ4v) is 3.60. The number of methoxy groups -OCH3 is 2. The number of carbonyl (C=O) groups is 1. The standard InChI is InChI=1S/C22H26FN3O6/c1-30-10-11-32-21-14-19(26(28)29)16(13-20(21)31-2)22(27)24-17-12-15(23)6-7-18(17)25-8-4-3-5-9-25/h6-7,12-14H,3-5,8-11H2,1-2H3,(H,24,27). The van der Waals surface area contributed by atoms with Crippen LogP contribution in [0.4, 0.5) is 21.5 Å². The van der Waals surface area contributed by atoms with Gasteiger partial charge in [0.05, 0.1) is 36.1 Å². The molecule has 172 valence electrons. The van der Waals surface area contributed by atoms with E-state index in [0.29, 0.717) is 5.69 Å². The van der Waals surface area contributed by atoms with Crippen molar-refractivity contribution in [3.8, 4) is 11.5 Å². The molecule has 0 bridgehead atoms. The molecule has 1 fully saturated rings. The first kappa shape index (κ1) is 23.3. The number of hydrogen-bond acceptors (Lipinski definition) is 7. The van der Waals surface area contributed by atoms with Crippen LogP contribution in [0.2, 0.25) is 0 Å². The minimum absolute atomic E-state index is 0.118. The Bertz CT molecular complexity index is 978. The van der Waals surface area contributed by atoms with Crippen molar-refractivity contribution < 1.29 is 28.3 Å². The number of anilines is 2. The molecule has 3 rings (SSSR count). The summed E-state index contributed by atoms with van der Waals surface area (Å²) in [4.78, 5) is 26.1. The first-order valence-corrected chi connectivity index (χ1v) is 10.3. The van der Waals surface area contributed by atoms with Crippen molar-refractivity contribution in [1.29, 1.82) is 0 Å². The van der Waals surface area contributed by atoms with E-state index < -0.39 is 22.3 Å². The van der Waals surface area contributed by atoms with Crippen LogP contribution in [0.3, 0.4) is 0 Å². The second-order valence-corrected chi connectivity index (χ2v) is 7.28.